The first-order valence-corrected chi connectivity index (χ1v) is 8.16. The van der Waals surface area contributed by atoms with E-state index in [-0.39, 0.29) is 22.6 Å². The normalized spacial score (nSPS) is 13.8. The van der Waals surface area contributed by atoms with Crippen LogP contribution in [0.2, 0.25) is 0 Å². The van der Waals surface area contributed by atoms with Gasteiger partial charge in [0.15, 0.2) is 0 Å². The highest BCUT2D eigenvalue weighted by Gasteiger charge is 2.27. The summed E-state index contributed by atoms with van der Waals surface area (Å²) in [5.41, 5.74) is 0.419. The van der Waals surface area contributed by atoms with Crippen LogP contribution in [0.25, 0.3) is 11.0 Å². The van der Waals surface area contributed by atoms with Crippen LogP contribution < -0.4 is 16.6 Å². The van der Waals surface area contributed by atoms with Crippen molar-refractivity contribution in [2.75, 3.05) is 5.32 Å². The first-order chi connectivity index (χ1) is 12.4. The van der Waals surface area contributed by atoms with E-state index in [1.807, 2.05) is 0 Å². The number of carbonyl (C=O) groups excluding carboxylic acids is 1. The van der Waals surface area contributed by atoms with Crippen LogP contribution in [-0.4, -0.2) is 20.4 Å². The molecule has 0 bridgehead atoms. The molecule has 2 N–H and O–H groups in total. The summed E-state index contributed by atoms with van der Waals surface area (Å²) in [7, 11) is 0. The molecule has 0 atom stereocenters. The van der Waals surface area contributed by atoms with Gasteiger partial charge in [0.05, 0.1) is 10.9 Å². The number of pyridine rings is 1. The molecule has 1 amide bonds. The van der Waals surface area contributed by atoms with Crippen molar-refractivity contribution in [3.8, 4) is 0 Å². The highest BCUT2D eigenvalue weighted by molar-refractivity contribution is 6.05. The second-order valence-corrected chi connectivity index (χ2v) is 6.37. The summed E-state index contributed by atoms with van der Waals surface area (Å²) in [6.45, 7) is 1.68. The van der Waals surface area contributed by atoms with Crippen LogP contribution in [0.5, 0.6) is 0 Å². The highest BCUT2D eigenvalue weighted by Crippen LogP contribution is 2.34. The highest BCUT2D eigenvalue weighted by atomic mass is 19.1. The number of aromatic amines is 1. The molecule has 0 radical (unpaired) electrons. The molecule has 1 saturated carbocycles. The second-order valence-electron chi connectivity index (χ2n) is 6.37. The Kier molecular flexibility index (Phi) is 3.68. The first kappa shape index (κ1) is 16.2. The van der Waals surface area contributed by atoms with E-state index in [1.54, 1.807) is 6.92 Å². The minimum atomic E-state index is -0.581. The van der Waals surface area contributed by atoms with E-state index in [2.05, 4.69) is 15.3 Å². The topological polar surface area (TPSA) is 96.8 Å². The zero-order chi connectivity index (χ0) is 18.4. The van der Waals surface area contributed by atoms with Crippen molar-refractivity contribution in [1.29, 1.82) is 0 Å². The molecule has 1 aliphatic rings. The molecule has 2 heterocycles. The molecule has 7 nitrogen and oxygen atoms in total. The molecule has 0 aliphatic heterocycles. The van der Waals surface area contributed by atoms with Crippen LogP contribution in [0, 0.1) is 12.7 Å². The van der Waals surface area contributed by atoms with Crippen molar-refractivity contribution >= 4 is 22.6 Å². The van der Waals surface area contributed by atoms with Gasteiger partial charge in [-0.1, -0.05) is 0 Å². The van der Waals surface area contributed by atoms with Gasteiger partial charge in [0, 0.05) is 17.9 Å². The Balaban J connectivity index is 1.74. The summed E-state index contributed by atoms with van der Waals surface area (Å²) in [4.78, 5) is 43.1. The molecule has 0 unspecified atom stereocenters. The van der Waals surface area contributed by atoms with Gasteiger partial charge in [-0.2, -0.15) is 0 Å². The fourth-order valence-corrected chi connectivity index (χ4v) is 2.89. The van der Waals surface area contributed by atoms with Gasteiger partial charge >= 0.3 is 5.69 Å². The Morgan fingerprint density at radius 1 is 1.31 bits per heavy atom. The zero-order valence-electron chi connectivity index (χ0n) is 13.9. The fraction of sp³-hybridized carbons (Fsp3) is 0.222. The van der Waals surface area contributed by atoms with Crippen molar-refractivity contribution in [1.82, 2.24) is 14.5 Å². The number of H-pyrrole nitrogens is 1. The SMILES string of the molecule is Cc1cc(F)ccc1NC(=O)c1cnc2c(c1)c(=O)[nH]c(=O)n2C1CC1. The van der Waals surface area contributed by atoms with E-state index in [0.29, 0.717) is 11.3 Å². The first-order valence-electron chi connectivity index (χ1n) is 8.16. The van der Waals surface area contributed by atoms with Crippen molar-refractivity contribution in [2.24, 2.45) is 0 Å². The number of carbonyl (C=O) groups is 1. The van der Waals surface area contributed by atoms with E-state index < -0.39 is 23.0 Å². The maximum atomic E-state index is 13.2. The van der Waals surface area contributed by atoms with E-state index in [9.17, 15) is 18.8 Å². The molecular formula is C18H15FN4O3. The van der Waals surface area contributed by atoms with Crippen molar-refractivity contribution < 1.29 is 9.18 Å². The Morgan fingerprint density at radius 3 is 2.77 bits per heavy atom. The number of benzene rings is 1. The number of aryl methyl sites for hydroxylation is 1. The molecule has 3 aromatic rings. The lowest BCUT2D eigenvalue weighted by Gasteiger charge is -2.10. The number of fused-ring (bicyclic) bond motifs is 1. The Hall–Kier alpha value is -3.29. The lowest BCUT2D eigenvalue weighted by Crippen LogP contribution is -2.30. The van der Waals surface area contributed by atoms with Gasteiger partial charge < -0.3 is 5.32 Å². The van der Waals surface area contributed by atoms with Gasteiger partial charge in [0.1, 0.15) is 11.5 Å². The number of halogens is 1. The van der Waals surface area contributed by atoms with Crippen LogP contribution in [0.15, 0.2) is 40.1 Å². The van der Waals surface area contributed by atoms with Crippen LogP contribution in [-0.2, 0) is 0 Å². The average Bonchev–Trinajstić information content (AvgIpc) is 3.42. The second kappa shape index (κ2) is 5.91. The number of anilines is 1. The predicted octanol–water partition coefficient (Wildman–Crippen LogP) is 2.12. The van der Waals surface area contributed by atoms with E-state index in [4.69, 9.17) is 0 Å². The standard InChI is InChI=1S/C18H15FN4O3/c1-9-6-11(19)2-5-14(9)21-16(24)10-7-13-15(20-8-10)23(12-3-4-12)18(26)22-17(13)25/h2,5-8,12H,3-4H2,1H3,(H,21,24)(H,22,25,26). The predicted molar refractivity (Wildman–Crippen MR) is 94.0 cm³/mol. The molecule has 1 aliphatic carbocycles. The molecular weight excluding hydrogens is 339 g/mol. The molecule has 1 aromatic carbocycles. The van der Waals surface area contributed by atoms with Gasteiger partial charge in [0.25, 0.3) is 11.5 Å². The molecule has 4 rings (SSSR count). The summed E-state index contributed by atoms with van der Waals surface area (Å²) in [6, 6.07) is 5.48. The van der Waals surface area contributed by atoms with Gasteiger partial charge in [0.2, 0.25) is 0 Å². The summed E-state index contributed by atoms with van der Waals surface area (Å²) in [6.07, 6.45) is 3.04. The maximum absolute atomic E-state index is 13.2. The Bertz CT molecular complexity index is 1160. The zero-order valence-corrected chi connectivity index (χ0v) is 13.9. The minimum Gasteiger partial charge on any atom is -0.322 e. The lowest BCUT2D eigenvalue weighted by atomic mass is 10.1. The third kappa shape index (κ3) is 2.79. The van der Waals surface area contributed by atoms with Crippen molar-refractivity contribution in [3.63, 3.8) is 0 Å². The number of rotatable bonds is 3. The van der Waals surface area contributed by atoms with E-state index >= 15 is 0 Å². The number of nitrogens with one attached hydrogen (secondary N) is 2. The summed E-state index contributed by atoms with van der Waals surface area (Å²) >= 11 is 0. The third-order valence-corrected chi connectivity index (χ3v) is 4.39. The van der Waals surface area contributed by atoms with Gasteiger partial charge in [-0.25, -0.2) is 14.2 Å². The van der Waals surface area contributed by atoms with Crippen LogP contribution in [0.1, 0.15) is 34.8 Å². The average molecular weight is 354 g/mol. The molecule has 0 saturated heterocycles. The number of aromatic nitrogens is 3. The van der Waals surface area contributed by atoms with Crippen molar-refractivity contribution in [2.45, 2.75) is 25.8 Å². The van der Waals surface area contributed by atoms with Gasteiger partial charge in [-0.3, -0.25) is 19.1 Å². The van der Waals surface area contributed by atoms with Crippen LogP contribution in [0.4, 0.5) is 10.1 Å². The smallest absolute Gasteiger partial charge is 0.322 e. The molecule has 132 valence electrons. The molecule has 26 heavy (non-hydrogen) atoms. The van der Waals surface area contributed by atoms with E-state index in [0.717, 1.165) is 12.8 Å². The maximum Gasteiger partial charge on any atom is 0.330 e. The van der Waals surface area contributed by atoms with Crippen molar-refractivity contribution in [3.05, 3.63) is 68.2 Å². The summed E-state index contributed by atoms with van der Waals surface area (Å²) in [5.74, 6) is -0.866. The third-order valence-electron chi connectivity index (χ3n) is 4.39. The quantitative estimate of drug-likeness (QED) is 0.753. The van der Waals surface area contributed by atoms with Crippen LogP contribution >= 0.6 is 0 Å². The minimum absolute atomic E-state index is 0.0379. The van der Waals surface area contributed by atoms with E-state index in [1.165, 1.54) is 35.0 Å². The molecule has 8 heteroatoms. The largest absolute Gasteiger partial charge is 0.330 e. The molecule has 0 spiro atoms. The lowest BCUT2D eigenvalue weighted by molar-refractivity contribution is 0.102. The number of hydrogen-bond acceptors (Lipinski definition) is 4. The summed E-state index contributed by atoms with van der Waals surface area (Å²) in [5, 5.41) is 2.85. The molecule has 2 aromatic heterocycles. The number of hydrogen-bond donors (Lipinski definition) is 2. The Labute approximate surface area is 146 Å². The van der Waals surface area contributed by atoms with Crippen LogP contribution in [0.3, 0.4) is 0 Å². The number of nitrogens with zero attached hydrogens (tertiary/aromatic N) is 2. The summed E-state index contributed by atoms with van der Waals surface area (Å²) < 4.78 is 14.6. The number of amides is 1. The molecule has 1 fully saturated rings. The fourth-order valence-electron chi connectivity index (χ4n) is 2.89. The van der Waals surface area contributed by atoms with Gasteiger partial charge in [-0.15, -0.1) is 0 Å². The monoisotopic (exact) mass is 354 g/mol. The Morgan fingerprint density at radius 2 is 2.08 bits per heavy atom. The van der Waals surface area contributed by atoms with Gasteiger partial charge in [-0.05, 0) is 49.6 Å².